The zero-order chi connectivity index (χ0) is 10.3. The first kappa shape index (κ1) is 8.34. The molecule has 0 atom stereocenters. The molecule has 0 bridgehead atoms. The van der Waals surface area contributed by atoms with E-state index in [1.54, 1.807) is 17.1 Å². The van der Waals surface area contributed by atoms with Crippen molar-refractivity contribution in [1.29, 1.82) is 0 Å². The van der Waals surface area contributed by atoms with E-state index in [-0.39, 0.29) is 0 Å². The van der Waals surface area contributed by atoms with Gasteiger partial charge in [0, 0.05) is 25.4 Å². The number of aromatic amines is 1. The van der Waals surface area contributed by atoms with Crippen molar-refractivity contribution in [2.24, 2.45) is 4.99 Å². The van der Waals surface area contributed by atoms with Gasteiger partial charge in [-0.15, -0.1) is 5.10 Å². The van der Waals surface area contributed by atoms with Gasteiger partial charge in [0.1, 0.15) is 5.69 Å². The van der Waals surface area contributed by atoms with Gasteiger partial charge in [0.25, 0.3) is 0 Å². The second kappa shape index (κ2) is 3.01. The number of imidazole rings is 1. The fraction of sp³-hybridized carbons (Fsp3) is 0.333. The van der Waals surface area contributed by atoms with E-state index < -0.39 is 0 Å². The lowest BCUT2D eigenvalue weighted by Crippen LogP contribution is -2.13. The summed E-state index contributed by atoms with van der Waals surface area (Å²) < 4.78 is 1.74. The summed E-state index contributed by atoms with van der Waals surface area (Å²) in [5.41, 5.74) is 2.92. The monoisotopic (exact) mass is 202 g/mol. The van der Waals surface area contributed by atoms with Crippen LogP contribution < -0.4 is 0 Å². The smallest absolute Gasteiger partial charge is 0.229 e. The molecular formula is C9H10N6. The fourth-order valence-corrected chi connectivity index (χ4v) is 1.75. The summed E-state index contributed by atoms with van der Waals surface area (Å²) in [5.74, 6) is 0.707. The van der Waals surface area contributed by atoms with Crippen molar-refractivity contribution < 1.29 is 0 Å². The summed E-state index contributed by atoms with van der Waals surface area (Å²) in [6.45, 7) is 2.76. The highest BCUT2D eigenvalue weighted by Gasteiger charge is 2.19. The van der Waals surface area contributed by atoms with Gasteiger partial charge in [0.15, 0.2) is 0 Å². The van der Waals surface area contributed by atoms with Gasteiger partial charge >= 0.3 is 0 Å². The quantitative estimate of drug-likeness (QED) is 0.725. The second-order valence-electron chi connectivity index (χ2n) is 3.43. The number of fused-ring (bicyclic) bond motifs is 1. The molecule has 76 valence electrons. The first-order valence-corrected chi connectivity index (χ1v) is 4.82. The number of aromatic nitrogens is 5. The number of hydrogen-bond acceptors (Lipinski definition) is 4. The van der Waals surface area contributed by atoms with Crippen LogP contribution in [0.4, 0.5) is 0 Å². The van der Waals surface area contributed by atoms with E-state index in [1.807, 2.05) is 6.92 Å². The summed E-state index contributed by atoms with van der Waals surface area (Å²) >= 11 is 0. The minimum atomic E-state index is 0.707. The lowest BCUT2D eigenvalue weighted by Gasteiger charge is -2.08. The summed E-state index contributed by atoms with van der Waals surface area (Å²) in [7, 11) is 0. The molecule has 2 aromatic heterocycles. The Morgan fingerprint density at radius 3 is 3.20 bits per heavy atom. The molecule has 0 radical (unpaired) electrons. The van der Waals surface area contributed by atoms with Gasteiger partial charge in [-0.1, -0.05) is 5.21 Å². The van der Waals surface area contributed by atoms with Crippen molar-refractivity contribution in [3.05, 3.63) is 23.8 Å². The molecule has 0 aliphatic carbocycles. The number of H-pyrrole nitrogens is 1. The molecule has 6 heteroatoms. The minimum absolute atomic E-state index is 0.707. The Labute approximate surface area is 86.1 Å². The summed E-state index contributed by atoms with van der Waals surface area (Å²) in [4.78, 5) is 11.5. The Hall–Kier alpha value is -1.98. The standard InChI is InChI=1S/C9H10N6/c1-6-8-7(2-3-10-6)15(14-13-8)9-11-4-5-12-9/h4-5H,2-3H2,1H3,(H,11,12). The van der Waals surface area contributed by atoms with Crippen molar-refractivity contribution in [3.8, 4) is 5.95 Å². The van der Waals surface area contributed by atoms with E-state index in [1.165, 1.54) is 0 Å². The van der Waals surface area contributed by atoms with Gasteiger partial charge in [-0.05, 0) is 6.92 Å². The van der Waals surface area contributed by atoms with Crippen LogP contribution in [0.3, 0.4) is 0 Å². The number of nitrogens with zero attached hydrogens (tertiary/aromatic N) is 5. The van der Waals surface area contributed by atoms with Gasteiger partial charge in [-0.3, -0.25) is 4.99 Å². The molecule has 3 rings (SSSR count). The van der Waals surface area contributed by atoms with E-state index in [4.69, 9.17) is 0 Å². The van der Waals surface area contributed by atoms with Crippen LogP contribution in [0.5, 0.6) is 0 Å². The summed E-state index contributed by atoms with van der Waals surface area (Å²) in [5, 5.41) is 8.20. The first-order chi connectivity index (χ1) is 7.36. The van der Waals surface area contributed by atoms with E-state index in [0.29, 0.717) is 5.95 Å². The SMILES string of the molecule is CC1=NCCc2c1nnn2-c1ncc[nH]1. The summed E-state index contributed by atoms with van der Waals surface area (Å²) in [6, 6.07) is 0. The number of rotatable bonds is 1. The van der Waals surface area contributed by atoms with Crippen LogP contribution >= 0.6 is 0 Å². The third-order valence-corrected chi connectivity index (χ3v) is 2.49. The van der Waals surface area contributed by atoms with Crippen molar-refractivity contribution in [3.63, 3.8) is 0 Å². The molecule has 0 spiro atoms. The van der Waals surface area contributed by atoms with Crippen LogP contribution in [-0.2, 0) is 6.42 Å². The average molecular weight is 202 g/mol. The van der Waals surface area contributed by atoms with Crippen LogP contribution in [0.2, 0.25) is 0 Å². The van der Waals surface area contributed by atoms with Crippen LogP contribution in [0.15, 0.2) is 17.4 Å². The van der Waals surface area contributed by atoms with Gasteiger partial charge in [0.05, 0.1) is 11.4 Å². The van der Waals surface area contributed by atoms with E-state index in [2.05, 4.69) is 25.3 Å². The van der Waals surface area contributed by atoms with E-state index >= 15 is 0 Å². The largest absolute Gasteiger partial charge is 0.329 e. The topological polar surface area (TPSA) is 71.8 Å². The van der Waals surface area contributed by atoms with Gasteiger partial charge < -0.3 is 4.98 Å². The highest BCUT2D eigenvalue weighted by atomic mass is 15.5. The normalized spacial score (nSPS) is 14.9. The van der Waals surface area contributed by atoms with E-state index in [0.717, 1.165) is 30.1 Å². The summed E-state index contributed by atoms with van der Waals surface area (Å²) in [6.07, 6.45) is 4.33. The average Bonchev–Trinajstić information content (AvgIpc) is 2.85. The third-order valence-electron chi connectivity index (χ3n) is 2.49. The third kappa shape index (κ3) is 1.18. The Bertz CT molecular complexity index is 507. The van der Waals surface area contributed by atoms with Crippen molar-refractivity contribution >= 4 is 5.71 Å². The van der Waals surface area contributed by atoms with Crippen molar-refractivity contribution in [1.82, 2.24) is 25.0 Å². The van der Waals surface area contributed by atoms with Crippen molar-refractivity contribution in [2.75, 3.05) is 6.54 Å². The second-order valence-corrected chi connectivity index (χ2v) is 3.43. The van der Waals surface area contributed by atoms with Crippen LogP contribution in [-0.4, -0.2) is 37.2 Å². The lowest BCUT2D eigenvalue weighted by atomic mass is 10.1. The molecule has 15 heavy (non-hydrogen) atoms. The molecular weight excluding hydrogens is 192 g/mol. The zero-order valence-corrected chi connectivity index (χ0v) is 8.30. The fourth-order valence-electron chi connectivity index (χ4n) is 1.75. The molecule has 3 heterocycles. The van der Waals surface area contributed by atoms with Gasteiger partial charge in [0.2, 0.25) is 5.95 Å². The molecule has 0 fully saturated rings. The highest BCUT2D eigenvalue weighted by molar-refractivity contribution is 5.98. The van der Waals surface area contributed by atoms with Crippen LogP contribution in [0.25, 0.3) is 5.95 Å². The van der Waals surface area contributed by atoms with Crippen LogP contribution in [0, 0.1) is 0 Å². The Kier molecular flexibility index (Phi) is 1.67. The van der Waals surface area contributed by atoms with Crippen LogP contribution in [0.1, 0.15) is 18.3 Å². The molecule has 2 aromatic rings. The maximum atomic E-state index is 4.34. The predicted octanol–water partition coefficient (Wildman–Crippen LogP) is 0.355. The maximum absolute atomic E-state index is 4.34. The first-order valence-electron chi connectivity index (χ1n) is 4.82. The Morgan fingerprint density at radius 1 is 1.47 bits per heavy atom. The molecule has 1 aliphatic rings. The molecule has 1 aliphatic heterocycles. The molecule has 0 amide bonds. The van der Waals surface area contributed by atoms with Gasteiger partial charge in [-0.25, -0.2) is 4.98 Å². The Balaban J connectivity index is 2.16. The van der Waals surface area contributed by atoms with Crippen molar-refractivity contribution in [2.45, 2.75) is 13.3 Å². The molecule has 0 aromatic carbocycles. The molecule has 0 saturated carbocycles. The zero-order valence-electron chi connectivity index (χ0n) is 8.30. The molecule has 0 unspecified atom stereocenters. The molecule has 0 saturated heterocycles. The number of hydrogen-bond donors (Lipinski definition) is 1. The minimum Gasteiger partial charge on any atom is -0.329 e. The highest BCUT2D eigenvalue weighted by Crippen LogP contribution is 2.15. The molecule has 6 nitrogen and oxygen atoms in total. The lowest BCUT2D eigenvalue weighted by molar-refractivity contribution is 0.724. The number of aliphatic imine (C=N–C) groups is 1. The maximum Gasteiger partial charge on any atom is 0.229 e. The predicted molar refractivity (Wildman–Crippen MR) is 54.3 cm³/mol. The number of nitrogens with one attached hydrogen (secondary N) is 1. The van der Waals surface area contributed by atoms with E-state index in [9.17, 15) is 0 Å². The Morgan fingerprint density at radius 2 is 2.40 bits per heavy atom. The molecule has 1 N–H and O–H groups in total. The van der Waals surface area contributed by atoms with Gasteiger partial charge in [-0.2, -0.15) is 4.68 Å².